The van der Waals surface area contributed by atoms with Crippen molar-refractivity contribution < 1.29 is 9.53 Å². The number of halogens is 1. The number of rotatable bonds is 5. The van der Waals surface area contributed by atoms with Gasteiger partial charge in [0.05, 0.1) is 6.54 Å². The van der Waals surface area contributed by atoms with Crippen LogP contribution in [0.3, 0.4) is 0 Å². The third kappa shape index (κ3) is 4.67. The minimum absolute atomic E-state index is 0. The molecule has 1 aromatic carbocycles. The molecule has 1 saturated heterocycles. The molecule has 1 spiro atoms. The molecule has 0 bridgehead atoms. The van der Waals surface area contributed by atoms with Gasteiger partial charge in [-0.2, -0.15) is 5.10 Å². The van der Waals surface area contributed by atoms with E-state index in [2.05, 4.69) is 38.7 Å². The van der Waals surface area contributed by atoms with E-state index in [1.807, 2.05) is 30.5 Å². The van der Waals surface area contributed by atoms with Gasteiger partial charge >= 0.3 is 6.09 Å². The highest BCUT2D eigenvalue weighted by molar-refractivity contribution is 5.89. The molecule has 0 radical (unpaired) electrons. The lowest BCUT2D eigenvalue weighted by atomic mass is 9.78. The molecule has 7 nitrogen and oxygen atoms in total. The number of amides is 1. The number of anilines is 2. The Morgan fingerprint density at radius 1 is 1.03 bits per heavy atom. The maximum Gasteiger partial charge on any atom is 0.416 e. The van der Waals surface area contributed by atoms with Crippen molar-refractivity contribution in [3.8, 4) is 11.1 Å². The summed E-state index contributed by atoms with van der Waals surface area (Å²) in [5.74, 6) is 1.97. The number of nitrogens with one attached hydrogen (secondary N) is 1. The second-order valence-corrected chi connectivity index (χ2v) is 8.34. The van der Waals surface area contributed by atoms with Gasteiger partial charge < -0.3 is 10.1 Å². The lowest BCUT2D eigenvalue weighted by Gasteiger charge is -2.35. The summed E-state index contributed by atoms with van der Waals surface area (Å²) in [6, 6.07) is 18.0. The third-order valence-corrected chi connectivity index (χ3v) is 6.26. The lowest BCUT2D eigenvalue weighted by molar-refractivity contribution is 0.0148. The van der Waals surface area contributed by atoms with Crippen LogP contribution >= 0.6 is 12.4 Å². The van der Waals surface area contributed by atoms with Crippen molar-refractivity contribution >= 4 is 30.1 Å². The molecule has 166 valence electrons. The molecule has 32 heavy (non-hydrogen) atoms. The van der Waals surface area contributed by atoms with Crippen molar-refractivity contribution in [1.29, 1.82) is 0 Å². The molecule has 8 heteroatoms. The molecule has 1 aliphatic carbocycles. The fraction of sp³-hybridized carbons (Fsp3) is 0.333. The first-order valence-corrected chi connectivity index (χ1v) is 10.7. The topological polar surface area (TPSA) is 80.2 Å². The van der Waals surface area contributed by atoms with Gasteiger partial charge in [0.15, 0.2) is 5.82 Å². The summed E-state index contributed by atoms with van der Waals surface area (Å²) in [6.07, 6.45) is 6.86. The summed E-state index contributed by atoms with van der Waals surface area (Å²) in [6.45, 7) is 1.41. The van der Waals surface area contributed by atoms with Crippen LogP contribution in [-0.2, 0) is 4.74 Å². The third-order valence-electron chi connectivity index (χ3n) is 6.26. The fourth-order valence-corrected chi connectivity index (χ4v) is 4.49. The molecule has 3 aromatic rings. The van der Waals surface area contributed by atoms with Crippen molar-refractivity contribution in [2.75, 3.05) is 23.3 Å². The molecule has 1 amide bonds. The van der Waals surface area contributed by atoms with Crippen LogP contribution in [0.25, 0.3) is 11.1 Å². The van der Waals surface area contributed by atoms with E-state index in [9.17, 15) is 4.79 Å². The van der Waals surface area contributed by atoms with Crippen LogP contribution in [-0.4, -0.2) is 40.0 Å². The van der Waals surface area contributed by atoms with E-state index in [0.717, 1.165) is 43.6 Å². The highest BCUT2D eigenvalue weighted by Crippen LogP contribution is 2.40. The Labute approximate surface area is 193 Å². The predicted octanol–water partition coefficient (Wildman–Crippen LogP) is 4.96. The van der Waals surface area contributed by atoms with E-state index < -0.39 is 5.60 Å². The van der Waals surface area contributed by atoms with E-state index in [0.29, 0.717) is 18.3 Å². The van der Waals surface area contributed by atoms with E-state index in [1.165, 1.54) is 5.56 Å². The maximum absolute atomic E-state index is 12.4. The van der Waals surface area contributed by atoms with Gasteiger partial charge in [-0.05, 0) is 67.0 Å². The van der Waals surface area contributed by atoms with Crippen molar-refractivity contribution in [3.63, 3.8) is 0 Å². The Morgan fingerprint density at radius 3 is 2.59 bits per heavy atom. The van der Waals surface area contributed by atoms with E-state index in [-0.39, 0.29) is 18.5 Å². The Morgan fingerprint density at radius 2 is 1.84 bits per heavy atom. The summed E-state index contributed by atoms with van der Waals surface area (Å²) < 4.78 is 5.82. The van der Waals surface area contributed by atoms with Gasteiger partial charge in [-0.25, -0.2) is 9.78 Å². The molecule has 3 heterocycles. The monoisotopic (exact) mass is 451 g/mol. The van der Waals surface area contributed by atoms with Gasteiger partial charge in [-0.15, -0.1) is 17.5 Å². The number of aromatic nitrogens is 3. The smallest absolute Gasteiger partial charge is 0.416 e. The van der Waals surface area contributed by atoms with Crippen LogP contribution < -0.4 is 10.2 Å². The highest BCUT2D eigenvalue weighted by Gasteiger charge is 2.48. The summed E-state index contributed by atoms with van der Waals surface area (Å²) in [7, 11) is 0. The molecule has 5 rings (SSSR count). The van der Waals surface area contributed by atoms with Crippen LogP contribution in [0.1, 0.15) is 25.7 Å². The van der Waals surface area contributed by atoms with E-state index in [4.69, 9.17) is 4.74 Å². The van der Waals surface area contributed by atoms with Gasteiger partial charge in [-0.1, -0.05) is 30.3 Å². The number of hydrogen-bond acceptors (Lipinski definition) is 6. The Bertz CT molecular complexity index is 1040. The Hall–Kier alpha value is -3.19. The number of benzene rings is 1. The number of pyridine rings is 1. The van der Waals surface area contributed by atoms with E-state index >= 15 is 0 Å². The van der Waals surface area contributed by atoms with Gasteiger partial charge in [0.2, 0.25) is 0 Å². The van der Waals surface area contributed by atoms with Gasteiger partial charge in [-0.3, -0.25) is 4.90 Å². The predicted molar refractivity (Wildman–Crippen MR) is 126 cm³/mol. The van der Waals surface area contributed by atoms with Crippen LogP contribution in [0.2, 0.25) is 0 Å². The van der Waals surface area contributed by atoms with Crippen LogP contribution in [0, 0.1) is 5.92 Å². The summed E-state index contributed by atoms with van der Waals surface area (Å²) in [4.78, 5) is 18.5. The quantitative estimate of drug-likeness (QED) is 0.590. The molecule has 2 aromatic heterocycles. The first-order chi connectivity index (χ1) is 15.2. The second kappa shape index (κ2) is 9.53. The molecular weight excluding hydrogens is 426 g/mol. The minimum atomic E-state index is -0.406. The Kier molecular flexibility index (Phi) is 6.55. The van der Waals surface area contributed by atoms with E-state index in [1.54, 1.807) is 23.2 Å². The molecule has 1 aliphatic heterocycles. The average Bonchev–Trinajstić information content (AvgIpc) is 3.16. The number of carbonyl (C=O) groups is 1. The Balaban J connectivity index is 0.00000245. The molecule has 2 aliphatic rings. The van der Waals surface area contributed by atoms with Crippen LogP contribution in [0.5, 0.6) is 0 Å². The molecular formula is C24H26ClN5O2. The van der Waals surface area contributed by atoms with Crippen molar-refractivity contribution in [2.45, 2.75) is 31.3 Å². The number of ether oxygens (including phenoxy) is 1. The van der Waals surface area contributed by atoms with Crippen molar-refractivity contribution in [1.82, 2.24) is 15.2 Å². The van der Waals surface area contributed by atoms with Crippen LogP contribution in [0.4, 0.5) is 16.4 Å². The minimum Gasteiger partial charge on any atom is -0.441 e. The molecule has 0 atom stereocenters. The van der Waals surface area contributed by atoms with Gasteiger partial charge in [0.1, 0.15) is 11.4 Å². The fourth-order valence-electron chi connectivity index (χ4n) is 4.49. The summed E-state index contributed by atoms with van der Waals surface area (Å²) in [5.41, 5.74) is 1.93. The van der Waals surface area contributed by atoms with Gasteiger partial charge in [0.25, 0.3) is 0 Å². The molecule has 2 fully saturated rings. The van der Waals surface area contributed by atoms with Crippen LogP contribution in [0.15, 0.2) is 67.0 Å². The van der Waals surface area contributed by atoms with Crippen molar-refractivity contribution in [3.05, 3.63) is 67.0 Å². The lowest BCUT2D eigenvalue weighted by Crippen LogP contribution is -2.39. The maximum atomic E-state index is 12.4. The highest BCUT2D eigenvalue weighted by atomic mass is 35.5. The number of nitrogens with zero attached hydrogens (tertiary/aromatic N) is 4. The van der Waals surface area contributed by atoms with Gasteiger partial charge in [0, 0.05) is 18.9 Å². The molecule has 1 saturated carbocycles. The zero-order valence-corrected chi connectivity index (χ0v) is 18.5. The summed E-state index contributed by atoms with van der Waals surface area (Å²) >= 11 is 0. The first-order valence-electron chi connectivity index (χ1n) is 10.7. The largest absolute Gasteiger partial charge is 0.441 e. The molecule has 0 unspecified atom stereocenters. The number of hydrogen-bond donors (Lipinski definition) is 1. The zero-order valence-electron chi connectivity index (χ0n) is 17.7. The van der Waals surface area contributed by atoms with Crippen molar-refractivity contribution in [2.24, 2.45) is 5.92 Å². The molecule has 1 N–H and O–H groups in total. The SMILES string of the molecule is Cl.O=C1OC2(CCC(CNc3cc(-c4ccccc4)ccn3)CC2)CN1c1cccnn1. The average molecular weight is 452 g/mol. The normalized spacial score (nSPS) is 22.3. The standard InChI is InChI=1S/C24H25N5O2.ClH/c30-23-29(22-7-4-13-27-28-22)17-24(31-23)11-8-18(9-12-24)16-26-21-15-20(10-14-25-21)19-5-2-1-3-6-19;/h1-7,10,13-15,18H,8-9,11-12,16-17H2,(H,25,26);1H. The zero-order chi connectivity index (χ0) is 21.1. The number of carbonyl (C=O) groups excluding carboxylic acids is 1. The summed E-state index contributed by atoms with van der Waals surface area (Å²) in [5, 5.41) is 11.4. The second-order valence-electron chi connectivity index (χ2n) is 8.34. The first kappa shape index (κ1) is 22.0.